The van der Waals surface area contributed by atoms with Crippen molar-refractivity contribution in [3.05, 3.63) is 32.7 Å². The molecule has 0 aliphatic rings. The van der Waals surface area contributed by atoms with E-state index >= 15 is 0 Å². The van der Waals surface area contributed by atoms with Crippen molar-refractivity contribution in [2.24, 2.45) is 4.99 Å². The van der Waals surface area contributed by atoms with Gasteiger partial charge >= 0.3 is 0 Å². The molecular formula is C19H26BrN3OS. The highest BCUT2D eigenvalue weighted by atomic mass is 79.9. The standard InChI is InChI=1S/C19H26BrN3OS/c1-8-23(7)11-21-14-9-13(3)15(10-12(14)2)24-18-22-16(17(20)25-18)19(4,5)6/h9-11H,8H2,1-7H3/b21-11+. The van der Waals surface area contributed by atoms with Crippen LogP contribution in [0.4, 0.5) is 5.69 Å². The van der Waals surface area contributed by atoms with E-state index in [4.69, 9.17) is 4.74 Å². The summed E-state index contributed by atoms with van der Waals surface area (Å²) in [5, 5.41) is 0.654. The molecule has 0 radical (unpaired) electrons. The van der Waals surface area contributed by atoms with Gasteiger partial charge in [0.05, 0.1) is 21.5 Å². The summed E-state index contributed by atoms with van der Waals surface area (Å²) in [5.41, 5.74) is 4.08. The number of aliphatic imine (C=N–C) groups is 1. The van der Waals surface area contributed by atoms with Gasteiger partial charge in [-0.15, -0.1) is 0 Å². The summed E-state index contributed by atoms with van der Waals surface area (Å²) in [5.74, 6) is 0.821. The fraction of sp³-hybridized carbons (Fsp3) is 0.474. The van der Waals surface area contributed by atoms with E-state index in [2.05, 4.69) is 59.7 Å². The van der Waals surface area contributed by atoms with Gasteiger partial charge in [0.25, 0.3) is 5.19 Å². The lowest BCUT2D eigenvalue weighted by Crippen LogP contribution is -2.14. The van der Waals surface area contributed by atoms with Gasteiger partial charge < -0.3 is 9.64 Å². The van der Waals surface area contributed by atoms with Gasteiger partial charge in [0.2, 0.25) is 0 Å². The molecule has 0 atom stereocenters. The number of ether oxygens (including phenoxy) is 1. The maximum atomic E-state index is 6.06. The van der Waals surface area contributed by atoms with Gasteiger partial charge in [-0.2, -0.15) is 0 Å². The van der Waals surface area contributed by atoms with Crippen molar-refractivity contribution in [2.75, 3.05) is 13.6 Å². The maximum Gasteiger partial charge on any atom is 0.280 e. The number of hydrogen-bond donors (Lipinski definition) is 0. The van der Waals surface area contributed by atoms with Crippen molar-refractivity contribution >= 4 is 39.3 Å². The van der Waals surface area contributed by atoms with E-state index in [1.807, 2.05) is 38.2 Å². The number of rotatable bonds is 5. The number of aromatic nitrogens is 1. The van der Waals surface area contributed by atoms with Gasteiger partial charge in [0.15, 0.2) is 0 Å². The molecule has 0 bridgehead atoms. The third kappa shape index (κ3) is 5.05. The molecule has 0 aliphatic carbocycles. The van der Waals surface area contributed by atoms with Gasteiger partial charge in [-0.05, 0) is 60.0 Å². The smallest absolute Gasteiger partial charge is 0.280 e. The second-order valence-electron chi connectivity index (χ2n) is 7.18. The van der Waals surface area contributed by atoms with Crippen LogP contribution in [0.5, 0.6) is 10.9 Å². The first-order chi connectivity index (χ1) is 11.6. The van der Waals surface area contributed by atoms with Crippen LogP contribution in [0.15, 0.2) is 20.9 Å². The second-order valence-corrected chi connectivity index (χ2v) is 9.46. The van der Waals surface area contributed by atoms with Crippen LogP contribution < -0.4 is 4.74 Å². The van der Waals surface area contributed by atoms with Crippen LogP contribution in [0.25, 0.3) is 0 Å². The summed E-state index contributed by atoms with van der Waals surface area (Å²) in [6.45, 7) is 13.5. The van der Waals surface area contributed by atoms with Crippen LogP contribution in [0.1, 0.15) is 44.5 Å². The number of thiazole rings is 1. The van der Waals surface area contributed by atoms with E-state index in [0.29, 0.717) is 5.19 Å². The zero-order valence-electron chi connectivity index (χ0n) is 16.0. The molecule has 0 saturated carbocycles. The fourth-order valence-electron chi connectivity index (χ4n) is 2.15. The van der Waals surface area contributed by atoms with Crippen molar-refractivity contribution in [3.8, 4) is 10.9 Å². The lowest BCUT2D eigenvalue weighted by molar-refractivity contribution is 0.466. The number of aryl methyl sites for hydroxylation is 2. The quantitative estimate of drug-likeness (QED) is 0.422. The summed E-state index contributed by atoms with van der Waals surface area (Å²) in [4.78, 5) is 11.3. The first-order valence-corrected chi connectivity index (χ1v) is 9.93. The lowest BCUT2D eigenvalue weighted by Gasteiger charge is -2.15. The van der Waals surface area contributed by atoms with E-state index in [9.17, 15) is 0 Å². The van der Waals surface area contributed by atoms with E-state index in [-0.39, 0.29) is 5.41 Å². The van der Waals surface area contributed by atoms with E-state index in [1.165, 1.54) is 11.3 Å². The Labute approximate surface area is 163 Å². The molecule has 0 fully saturated rings. The highest BCUT2D eigenvalue weighted by Crippen LogP contribution is 2.40. The van der Waals surface area contributed by atoms with Crippen LogP contribution in [0, 0.1) is 13.8 Å². The summed E-state index contributed by atoms with van der Waals surface area (Å²) in [7, 11) is 2.01. The molecule has 6 heteroatoms. The van der Waals surface area contributed by atoms with Crippen LogP contribution >= 0.6 is 27.3 Å². The number of hydrogen-bond acceptors (Lipinski definition) is 4. The molecule has 4 nitrogen and oxygen atoms in total. The fourth-order valence-corrected chi connectivity index (χ4v) is 4.12. The highest BCUT2D eigenvalue weighted by molar-refractivity contribution is 9.11. The van der Waals surface area contributed by atoms with Crippen molar-refractivity contribution in [2.45, 2.75) is 47.0 Å². The minimum absolute atomic E-state index is 0.0220. The molecule has 0 aliphatic heterocycles. The molecule has 0 spiro atoms. The Bertz CT molecular complexity index is 778. The average Bonchev–Trinajstić information content (AvgIpc) is 2.89. The van der Waals surface area contributed by atoms with Gasteiger partial charge in [-0.25, -0.2) is 9.98 Å². The molecule has 1 aromatic carbocycles. The zero-order chi connectivity index (χ0) is 18.8. The van der Waals surface area contributed by atoms with Crippen molar-refractivity contribution in [1.82, 2.24) is 9.88 Å². The molecule has 2 rings (SSSR count). The van der Waals surface area contributed by atoms with E-state index in [1.54, 1.807) is 0 Å². The molecule has 136 valence electrons. The molecular weight excluding hydrogens is 398 g/mol. The Hall–Kier alpha value is -1.40. The number of benzene rings is 1. The minimum Gasteiger partial charge on any atom is -0.431 e. The maximum absolute atomic E-state index is 6.06. The minimum atomic E-state index is -0.0220. The van der Waals surface area contributed by atoms with Crippen LogP contribution in [0.2, 0.25) is 0 Å². The van der Waals surface area contributed by atoms with Crippen LogP contribution in [0.3, 0.4) is 0 Å². The third-order valence-electron chi connectivity index (χ3n) is 3.86. The number of nitrogens with zero attached hydrogens (tertiary/aromatic N) is 3. The molecule has 0 N–H and O–H groups in total. The second kappa shape index (κ2) is 7.87. The predicted molar refractivity (Wildman–Crippen MR) is 111 cm³/mol. The van der Waals surface area contributed by atoms with E-state index < -0.39 is 0 Å². The Morgan fingerprint density at radius 2 is 1.96 bits per heavy atom. The van der Waals surface area contributed by atoms with Crippen molar-refractivity contribution in [3.63, 3.8) is 0 Å². The molecule has 1 heterocycles. The summed E-state index contributed by atoms with van der Waals surface area (Å²) >= 11 is 5.12. The molecule has 0 amide bonds. The molecule has 25 heavy (non-hydrogen) atoms. The average molecular weight is 424 g/mol. The highest BCUT2D eigenvalue weighted by Gasteiger charge is 2.23. The van der Waals surface area contributed by atoms with Crippen LogP contribution in [-0.4, -0.2) is 29.8 Å². The predicted octanol–water partition coefficient (Wildman–Crippen LogP) is 6.22. The Balaban J connectivity index is 2.27. The largest absolute Gasteiger partial charge is 0.431 e. The third-order valence-corrected chi connectivity index (χ3v) is 5.44. The van der Waals surface area contributed by atoms with Gasteiger partial charge in [0.1, 0.15) is 5.75 Å². The van der Waals surface area contributed by atoms with E-state index in [0.717, 1.165) is 38.6 Å². The molecule has 1 aromatic heterocycles. The first kappa shape index (κ1) is 19.9. The Kier molecular flexibility index (Phi) is 6.27. The van der Waals surface area contributed by atoms with Gasteiger partial charge in [0, 0.05) is 19.0 Å². The molecule has 0 saturated heterocycles. The topological polar surface area (TPSA) is 37.7 Å². The SMILES string of the molecule is CCN(C)/C=N/c1cc(C)c(Oc2nc(C(C)(C)C)c(Br)s2)cc1C. The molecule has 2 aromatic rings. The summed E-state index contributed by atoms with van der Waals surface area (Å²) < 4.78 is 7.08. The van der Waals surface area contributed by atoms with Crippen molar-refractivity contribution < 1.29 is 4.74 Å². The lowest BCUT2D eigenvalue weighted by atomic mass is 9.93. The van der Waals surface area contributed by atoms with Gasteiger partial charge in [-0.1, -0.05) is 32.1 Å². The Morgan fingerprint density at radius 3 is 2.52 bits per heavy atom. The van der Waals surface area contributed by atoms with Crippen LogP contribution in [-0.2, 0) is 5.41 Å². The van der Waals surface area contributed by atoms with Gasteiger partial charge in [-0.3, -0.25) is 0 Å². The monoisotopic (exact) mass is 423 g/mol. The molecule has 0 unspecified atom stereocenters. The summed E-state index contributed by atoms with van der Waals surface area (Å²) in [6.07, 6.45) is 1.86. The normalized spacial score (nSPS) is 12.0. The number of halogens is 1. The summed E-state index contributed by atoms with van der Waals surface area (Å²) in [6, 6.07) is 4.08. The van der Waals surface area contributed by atoms with Crippen molar-refractivity contribution in [1.29, 1.82) is 0 Å². The first-order valence-electron chi connectivity index (χ1n) is 8.32. The zero-order valence-corrected chi connectivity index (χ0v) is 18.4. The Morgan fingerprint density at radius 1 is 1.28 bits per heavy atom.